The predicted octanol–water partition coefficient (Wildman–Crippen LogP) is 2.37. The molecule has 0 atom stereocenters. The van der Waals surface area contributed by atoms with Crippen molar-refractivity contribution in [1.29, 1.82) is 0 Å². The van der Waals surface area contributed by atoms with Crippen LogP contribution in [0.25, 0.3) is 0 Å². The van der Waals surface area contributed by atoms with Gasteiger partial charge in [0.1, 0.15) is 12.3 Å². The number of rotatable bonds is 4. The van der Waals surface area contributed by atoms with Gasteiger partial charge < -0.3 is 4.74 Å². The number of hydrogen-bond acceptors (Lipinski definition) is 3. The molecule has 15 heavy (non-hydrogen) atoms. The Bertz CT molecular complexity index is 355. The molecule has 0 bridgehead atoms. The molecular weight excluding hydrogens is 190 g/mol. The first kappa shape index (κ1) is 11.2. The molecule has 0 aliphatic heterocycles. The van der Waals surface area contributed by atoms with E-state index in [1.54, 1.807) is 30.5 Å². The highest BCUT2D eigenvalue weighted by atomic mass is 16.5. The van der Waals surface area contributed by atoms with Crippen LogP contribution in [0.15, 0.2) is 48.7 Å². The van der Waals surface area contributed by atoms with E-state index in [1.807, 2.05) is 25.2 Å². The Kier molecular flexibility index (Phi) is 4.87. The van der Waals surface area contributed by atoms with E-state index in [2.05, 4.69) is 4.98 Å². The largest absolute Gasteiger partial charge is 0.457 e. The molecule has 1 rings (SSSR count). The van der Waals surface area contributed by atoms with Crippen LogP contribution in [0.2, 0.25) is 0 Å². The van der Waals surface area contributed by atoms with Gasteiger partial charge >= 0.3 is 5.97 Å². The molecule has 1 heterocycles. The molecule has 1 aromatic rings. The number of ether oxygens (including phenoxy) is 1. The van der Waals surface area contributed by atoms with E-state index in [1.165, 1.54) is 0 Å². The number of carbonyl (C=O) groups is 1. The van der Waals surface area contributed by atoms with Gasteiger partial charge in [-0.1, -0.05) is 24.3 Å². The van der Waals surface area contributed by atoms with Gasteiger partial charge in [0.15, 0.2) is 0 Å². The highest BCUT2D eigenvalue weighted by Gasteiger charge is 2.05. The SMILES string of the molecule is C/C=C\C=C/COC(=O)c1ccccn1. The van der Waals surface area contributed by atoms with Crippen molar-refractivity contribution in [2.24, 2.45) is 0 Å². The van der Waals surface area contributed by atoms with E-state index in [0.717, 1.165) is 0 Å². The highest BCUT2D eigenvalue weighted by Crippen LogP contribution is 1.96. The zero-order valence-corrected chi connectivity index (χ0v) is 8.59. The second-order valence-electron chi connectivity index (χ2n) is 2.77. The number of nitrogens with zero attached hydrogens (tertiary/aromatic N) is 1. The Morgan fingerprint density at radius 2 is 2.33 bits per heavy atom. The molecule has 3 nitrogen and oxygen atoms in total. The number of hydrogen-bond donors (Lipinski definition) is 0. The molecular formula is C12H13NO2. The smallest absolute Gasteiger partial charge is 0.357 e. The molecule has 0 aliphatic rings. The molecule has 0 amide bonds. The fraction of sp³-hybridized carbons (Fsp3) is 0.167. The summed E-state index contributed by atoms with van der Waals surface area (Å²) in [5, 5.41) is 0. The van der Waals surface area contributed by atoms with Crippen molar-refractivity contribution in [1.82, 2.24) is 4.98 Å². The first-order valence-corrected chi connectivity index (χ1v) is 4.70. The van der Waals surface area contributed by atoms with Crippen LogP contribution in [0.4, 0.5) is 0 Å². The molecule has 0 radical (unpaired) electrons. The summed E-state index contributed by atoms with van der Waals surface area (Å²) in [7, 11) is 0. The molecule has 1 aromatic heterocycles. The summed E-state index contributed by atoms with van der Waals surface area (Å²) in [6.45, 7) is 2.18. The van der Waals surface area contributed by atoms with Gasteiger partial charge in [0, 0.05) is 6.20 Å². The zero-order chi connectivity index (χ0) is 10.9. The van der Waals surface area contributed by atoms with Crippen LogP contribution in [0, 0.1) is 0 Å². The fourth-order valence-corrected chi connectivity index (χ4v) is 0.926. The van der Waals surface area contributed by atoms with Crippen LogP contribution in [-0.2, 0) is 4.74 Å². The number of carbonyl (C=O) groups excluding carboxylic acids is 1. The third-order valence-corrected chi connectivity index (χ3v) is 1.62. The van der Waals surface area contributed by atoms with E-state index in [4.69, 9.17) is 4.74 Å². The molecule has 78 valence electrons. The fourth-order valence-electron chi connectivity index (χ4n) is 0.926. The zero-order valence-electron chi connectivity index (χ0n) is 8.59. The lowest BCUT2D eigenvalue weighted by atomic mass is 10.3. The molecule has 0 aromatic carbocycles. The Morgan fingerprint density at radius 3 is 3.00 bits per heavy atom. The topological polar surface area (TPSA) is 39.2 Å². The Hall–Kier alpha value is -1.90. The third kappa shape index (κ3) is 4.22. The van der Waals surface area contributed by atoms with Crippen LogP contribution >= 0.6 is 0 Å². The normalized spacial score (nSPS) is 11.0. The lowest BCUT2D eigenvalue weighted by Crippen LogP contribution is -2.06. The molecule has 0 fully saturated rings. The van der Waals surface area contributed by atoms with E-state index >= 15 is 0 Å². The molecule has 0 saturated heterocycles. The number of aromatic nitrogens is 1. The van der Waals surface area contributed by atoms with Crippen LogP contribution in [-0.4, -0.2) is 17.6 Å². The summed E-state index contributed by atoms with van der Waals surface area (Å²) in [6.07, 6.45) is 8.92. The minimum Gasteiger partial charge on any atom is -0.457 e. The van der Waals surface area contributed by atoms with Crippen LogP contribution < -0.4 is 0 Å². The van der Waals surface area contributed by atoms with Gasteiger partial charge in [0.05, 0.1) is 0 Å². The predicted molar refractivity (Wildman–Crippen MR) is 58.5 cm³/mol. The Labute approximate surface area is 89.1 Å². The van der Waals surface area contributed by atoms with Crippen molar-refractivity contribution in [3.05, 3.63) is 54.4 Å². The Morgan fingerprint density at radius 1 is 1.47 bits per heavy atom. The van der Waals surface area contributed by atoms with Gasteiger partial charge in [-0.25, -0.2) is 9.78 Å². The Balaban J connectivity index is 2.37. The van der Waals surface area contributed by atoms with Crippen molar-refractivity contribution < 1.29 is 9.53 Å². The van der Waals surface area contributed by atoms with Crippen LogP contribution in [0.5, 0.6) is 0 Å². The minimum atomic E-state index is -0.402. The summed E-state index contributed by atoms with van der Waals surface area (Å²) in [6, 6.07) is 5.12. The van der Waals surface area contributed by atoms with Crippen LogP contribution in [0.1, 0.15) is 17.4 Å². The van der Waals surface area contributed by atoms with Crippen molar-refractivity contribution in [2.45, 2.75) is 6.92 Å². The molecule has 3 heteroatoms. The molecule has 0 saturated carbocycles. The monoisotopic (exact) mass is 203 g/mol. The second-order valence-corrected chi connectivity index (χ2v) is 2.77. The number of esters is 1. The summed E-state index contributed by atoms with van der Waals surface area (Å²) in [4.78, 5) is 15.2. The number of pyridine rings is 1. The van der Waals surface area contributed by atoms with Crippen molar-refractivity contribution >= 4 is 5.97 Å². The molecule has 0 N–H and O–H groups in total. The van der Waals surface area contributed by atoms with E-state index in [-0.39, 0.29) is 6.61 Å². The van der Waals surface area contributed by atoms with E-state index in [9.17, 15) is 4.79 Å². The maximum Gasteiger partial charge on any atom is 0.357 e. The van der Waals surface area contributed by atoms with Gasteiger partial charge in [-0.3, -0.25) is 0 Å². The van der Waals surface area contributed by atoms with Crippen LogP contribution in [0.3, 0.4) is 0 Å². The van der Waals surface area contributed by atoms with Crippen molar-refractivity contribution in [3.8, 4) is 0 Å². The minimum absolute atomic E-state index is 0.264. The average Bonchev–Trinajstić information content (AvgIpc) is 2.30. The molecule has 0 unspecified atom stereocenters. The number of allylic oxidation sites excluding steroid dienone is 3. The molecule has 0 aliphatic carbocycles. The van der Waals surface area contributed by atoms with E-state index < -0.39 is 5.97 Å². The van der Waals surface area contributed by atoms with Gasteiger partial charge in [-0.05, 0) is 25.1 Å². The van der Waals surface area contributed by atoms with Crippen molar-refractivity contribution in [2.75, 3.05) is 6.61 Å². The first-order chi connectivity index (χ1) is 7.34. The summed E-state index contributed by atoms with van der Waals surface area (Å²) in [5.41, 5.74) is 0.330. The highest BCUT2D eigenvalue weighted by molar-refractivity contribution is 5.87. The molecule has 0 spiro atoms. The summed E-state index contributed by atoms with van der Waals surface area (Å²) in [5.74, 6) is -0.402. The van der Waals surface area contributed by atoms with Crippen molar-refractivity contribution in [3.63, 3.8) is 0 Å². The van der Waals surface area contributed by atoms with Gasteiger partial charge in [0.25, 0.3) is 0 Å². The lowest BCUT2D eigenvalue weighted by Gasteiger charge is -1.99. The quantitative estimate of drug-likeness (QED) is 0.557. The maximum absolute atomic E-state index is 11.3. The van der Waals surface area contributed by atoms with E-state index in [0.29, 0.717) is 5.69 Å². The maximum atomic E-state index is 11.3. The lowest BCUT2D eigenvalue weighted by molar-refractivity contribution is 0.0542. The summed E-state index contributed by atoms with van der Waals surface area (Å²) >= 11 is 0. The first-order valence-electron chi connectivity index (χ1n) is 4.70. The second kappa shape index (κ2) is 6.54. The summed E-state index contributed by atoms with van der Waals surface area (Å²) < 4.78 is 4.95. The van der Waals surface area contributed by atoms with Gasteiger partial charge in [-0.15, -0.1) is 0 Å². The standard InChI is InChI=1S/C12H13NO2/c1-2-3-4-7-10-15-12(14)11-8-5-6-9-13-11/h2-9H,10H2,1H3/b3-2-,7-4-. The third-order valence-electron chi connectivity index (χ3n) is 1.62. The average molecular weight is 203 g/mol. The van der Waals surface area contributed by atoms with Gasteiger partial charge in [0.2, 0.25) is 0 Å². The van der Waals surface area contributed by atoms with Gasteiger partial charge in [-0.2, -0.15) is 0 Å².